The second-order valence-corrected chi connectivity index (χ2v) is 5.74. The summed E-state index contributed by atoms with van der Waals surface area (Å²) in [5.74, 6) is -0.216. The fourth-order valence-corrected chi connectivity index (χ4v) is 2.23. The summed E-state index contributed by atoms with van der Waals surface area (Å²) < 4.78 is 24.7. The van der Waals surface area contributed by atoms with Crippen LogP contribution < -0.4 is 10.1 Å². The number of nitrogens with zero attached hydrogens (tertiary/aromatic N) is 3. The summed E-state index contributed by atoms with van der Waals surface area (Å²) in [5, 5.41) is 2.69. The molecule has 0 aliphatic carbocycles. The number of nitrogens with one attached hydrogen (secondary N) is 1. The minimum Gasteiger partial charge on any atom is -0.461 e. The molecular weight excluding hydrogens is 327 g/mol. The Bertz CT molecular complexity index is 925. The molecule has 7 nitrogen and oxygen atoms in total. The average Bonchev–Trinajstić information content (AvgIpc) is 2.98. The third-order valence-corrected chi connectivity index (χ3v) is 3.46. The zero-order valence-corrected chi connectivity index (χ0v) is 14.0. The van der Waals surface area contributed by atoms with Crippen LogP contribution in [0.15, 0.2) is 28.8 Å². The van der Waals surface area contributed by atoms with Crippen molar-refractivity contribution in [2.75, 3.05) is 6.61 Å². The highest BCUT2D eigenvalue weighted by Gasteiger charge is 2.13. The molecule has 0 aliphatic rings. The number of fused-ring (bicyclic) bond motifs is 1. The van der Waals surface area contributed by atoms with Crippen molar-refractivity contribution in [2.24, 2.45) is 0 Å². The Morgan fingerprint density at radius 2 is 2.20 bits per heavy atom. The van der Waals surface area contributed by atoms with Crippen LogP contribution in [0.5, 0.6) is 6.01 Å². The number of benzene rings is 1. The molecule has 1 amide bonds. The van der Waals surface area contributed by atoms with Gasteiger partial charge in [0.25, 0.3) is 5.71 Å². The van der Waals surface area contributed by atoms with Crippen molar-refractivity contribution >= 4 is 17.1 Å². The summed E-state index contributed by atoms with van der Waals surface area (Å²) in [4.78, 5) is 23.4. The maximum absolute atomic E-state index is 13.7. The van der Waals surface area contributed by atoms with Gasteiger partial charge >= 0.3 is 6.01 Å². The second-order valence-electron chi connectivity index (χ2n) is 5.74. The van der Waals surface area contributed by atoms with Crippen molar-refractivity contribution in [3.05, 3.63) is 35.8 Å². The fraction of sp³-hybridized carbons (Fsp3) is 0.294. The maximum atomic E-state index is 13.7. The number of hydrogen-bond acceptors (Lipinski definition) is 6. The molecule has 3 aromatic rings. The van der Waals surface area contributed by atoms with Crippen molar-refractivity contribution in [2.45, 2.75) is 26.8 Å². The van der Waals surface area contributed by atoms with Crippen molar-refractivity contribution < 1.29 is 18.3 Å². The molecule has 130 valence electrons. The Morgan fingerprint density at radius 3 is 2.92 bits per heavy atom. The van der Waals surface area contributed by atoms with Gasteiger partial charge in [0.15, 0.2) is 0 Å². The van der Waals surface area contributed by atoms with Gasteiger partial charge in [-0.1, -0.05) is 6.07 Å². The van der Waals surface area contributed by atoms with Crippen LogP contribution in [0.1, 0.15) is 19.4 Å². The molecule has 1 atom stereocenters. The van der Waals surface area contributed by atoms with Crippen LogP contribution in [0, 0.1) is 12.7 Å². The molecule has 0 aliphatic heterocycles. The zero-order chi connectivity index (χ0) is 18.0. The molecule has 0 unspecified atom stereocenters. The van der Waals surface area contributed by atoms with Crippen molar-refractivity contribution in [1.82, 2.24) is 20.3 Å². The van der Waals surface area contributed by atoms with E-state index in [9.17, 15) is 9.18 Å². The molecule has 2 aromatic heterocycles. The summed E-state index contributed by atoms with van der Waals surface area (Å²) in [6, 6.07) is 4.67. The van der Waals surface area contributed by atoms with E-state index in [2.05, 4.69) is 20.3 Å². The number of aromatic nitrogens is 3. The minimum atomic E-state index is -0.332. The maximum Gasteiger partial charge on any atom is 0.319 e. The number of rotatable bonds is 5. The van der Waals surface area contributed by atoms with Crippen LogP contribution in [-0.4, -0.2) is 33.5 Å². The van der Waals surface area contributed by atoms with Gasteiger partial charge in [0.1, 0.15) is 17.9 Å². The number of hydrogen-bond donors (Lipinski definition) is 1. The van der Waals surface area contributed by atoms with E-state index < -0.39 is 0 Å². The Labute approximate surface area is 143 Å². The summed E-state index contributed by atoms with van der Waals surface area (Å²) in [7, 11) is 0. The van der Waals surface area contributed by atoms with Gasteiger partial charge < -0.3 is 14.5 Å². The molecule has 3 rings (SSSR count). The summed E-state index contributed by atoms with van der Waals surface area (Å²) in [6.45, 7) is 5.14. The normalized spacial score (nSPS) is 12.2. The molecule has 0 bridgehead atoms. The number of halogens is 1. The van der Waals surface area contributed by atoms with Gasteiger partial charge in [-0.05, 0) is 31.5 Å². The standard InChI is InChI=1S/C17H17FN4O3/c1-9-4-5-12(6-13(9)18)15-21-14-7-19-17(22-16(14)25-15)24-8-10(2)20-11(3)23/h4-7,10H,8H2,1-3H3,(H,20,23)/t10-/m0/s1. The molecule has 0 radical (unpaired) electrons. The molecule has 25 heavy (non-hydrogen) atoms. The van der Waals surface area contributed by atoms with Gasteiger partial charge in [-0.25, -0.2) is 14.4 Å². The third kappa shape index (κ3) is 3.90. The van der Waals surface area contributed by atoms with Crippen molar-refractivity contribution in [3.8, 4) is 17.5 Å². The number of amides is 1. The summed E-state index contributed by atoms with van der Waals surface area (Å²) >= 11 is 0. The van der Waals surface area contributed by atoms with E-state index >= 15 is 0 Å². The predicted molar refractivity (Wildman–Crippen MR) is 88.5 cm³/mol. The first-order chi connectivity index (χ1) is 11.9. The van der Waals surface area contributed by atoms with E-state index in [-0.39, 0.29) is 42.0 Å². The lowest BCUT2D eigenvalue weighted by atomic mass is 10.1. The quantitative estimate of drug-likeness (QED) is 0.765. The number of aryl methyl sites for hydroxylation is 1. The number of carbonyl (C=O) groups excluding carboxylic acids is 1. The highest BCUT2D eigenvalue weighted by molar-refractivity contribution is 5.73. The molecule has 0 saturated carbocycles. The first kappa shape index (κ1) is 16.8. The molecular formula is C17H17FN4O3. The first-order valence-corrected chi connectivity index (χ1v) is 7.72. The van der Waals surface area contributed by atoms with Gasteiger partial charge in [-0.3, -0.25) is 4.79 Å². The van der Waals surface area contributed by atoms with E-state index in [1.165, 1.54) is 19.2 Å². The molecule has 1 N–H and O–H groups in total. The Hall–Kier alpha value is -3.03. The lowest BCUT2D eigenvalue weighted by molar-refractivity contribution is -0.119. The largest absolute Gasteiger partial charge is 0.461 e. The molecule has 0 spiro atoms. The van der Waals surface area contributed by atoms with E-state index in [1.807, 2.05) is 0 Å². The zero-order valence-electron chi connectivity index (χ0n) is 14.0. The van der Waals surface area contributed by atoms with Gasteiger partial charge in [-0.2, -0.15) is 4.98 Å². The third-order valence-electron chi connectivity index (χ3n) is 3.46. The number of ether oxygens (including phenoxy) is 1. The topological polar surface area (TPSA) is 90.1 Å². The number of oxazole rings is 1. The van der Waals surface area contributed by atoms with Crippen LogP contribution in [0.4, 0.5) is 4.39 Å². The molecule has 1 aromatic carbocycles. The molecule has 2 heterocycles. The molecule has 0 fully saturated rings. The highest BCUT2D eigenvalue weighted by Crippen LogP contribution is 2.25. The van der Waals surface area contributed by atoms with Gasteiger partial charge in [0.05, 0.1) is 12.2 Å². The van der Waals surface area contributed by atoms with Crippen molar-refractivity contribution in [3.63, 3.8) is 0 Å². The average molecular weight is 344 g/mol. The smallest absolute Gasteiger partial charge is 0.319 e. The lowest BCUT2D eigenvalue weighted by Gasteiger charge is -2.12. The van der Waals surface area contributed by atoms with Gasteiger partial charge in [-0.15, -0.1) is 0 Å². The van der Waals surface area contributed by atoms with Crippen LogP contribution in [0.3, 0.4) is 0 Å². The van der Waals surface area contributed by atoms with Gasteiger partial charge in [0.2, 0.25) is 11.8 Å². The first-order valence-electron chi connectivity index (χ1n) is 7.72. The molecule has 0 saturated heterocycles. The van der Waals surface area contributed by atoms with E-state index in [4.69, 9.17) is 9.15 Å². The monoisotopic (exact) mass is 344 g/mol. The predicted octanol–water partition coefficient (Wildman–Crippen LogP) is 2.64. The van der Waals surface area contributed by atoms with E-state index in [1.54, 1.807) is 26.0 Å². The summed E-state index contributed by atoms with van der Waals surface area (Å²) in [5.41, 5.74) is 1.75. The summed E-state index contributed by atoms with van der Waals surface area (Å²) in [6.07, 6.45) is 1.47. The lowest BCUT2D eigenvalue weighted by Crippen LogP contribution is -2.35. The van der Waals surface area contributed by atoms with Crippen LogP contribution in [-0.2, 0) is 4.79 Å². The van der Waals surface area contributed by atoms with E-state index in [0.29, 0.717) is 16.6 Å². The van der Waals surface area contributed by atoms with E-state index in [0.717, 1.165) is 0 Å². The SMILES string of the molecule is CC(=O)N[C@@H](C)COc1ncc2nc(-c3ccc(C)c(F)c3)oc2n1. The second kappa shape index (κ2) is 6.84. The van der Waals surface area contributed by atoms with Crippen LogP contribution in [0.25, 0.3) is 22.7 Å². The Kier molecular flexibility index (Phi) is 4.60. The molecule has 8 heteroatoms. The Balaban J connectivity index is 1.79. The minimum absolute atomic E-state index is 0.113. The number of carbonyl (C=O) groups is 1. The van der Waals surface area contributed by atoms with Gasteiger partial charge in [0, 0.05) is 12.5 Å². The fourth-order valence-electron chi connectivity index (χ4n) is 2.23. The van der Waals surface area contributed by atoms with Crippen molar-refractivity contribution in [1.29, 1.82) is 0 Å². The highest BCUT2D eigenvalue weighted by atomic mass is 19.1. The van der Waals surface area contributed by atoms with Crippen LogP contribution >= 0.6 is 0 Å². The Morgan fingerprint density at radius 1 is 1.40 bits per heavy atom. The van der Waals surface area contributed by atoms with Crippen LogP contribution in [0.2, 0.25) is 0 Å².